The summed E-state index contributed by atoms with van der Waals surface area (Å²) in [6.07, 6.45) is 9.43. The Morgan fingerprint density at radius 3 is 2.38 bits per heavy atom. The van der Waals surface area contributed by atoms with Gasteiger partial charge in [0.1, 0.15) is 0 Å². The second-order valence-corrected chi connectivity index (χ2v) is 6.32. The van der Waals surface area contributed by atoms with Crippen LogP contribution in [0.3, 0.4) is 0 Å². The molecule has 0 atom stereocenters. The van der Waals surface area contributed by atoms with Crippen molar-refractivity contribution in [1.29, 1.82) is 0 Å². The molecule has 0 heterocycles. The average Bonchev–Trinajstić information content (AvgIpc) is 2.54. The Morgan fingerprint density at radius 1 is 1.14 bits per heavy atom. The Labute approximate surface area is 128 Å². The van der Waals surface area contributed by atoms with Crippen LogP contribution in [0.1, 0.15) is 68.9 Å². The number of methoxy groups -OCH3 is 1. The molecule has 0 spiro atoms. The first-order valence-corrected chi connectivity index (χ1v) is 8.38. The van der Waals surface area contributed by atoms with Crippen LogP contribution in [0.25, 0.3) is 0 Å². The minimum absolute atomic E-state index is 0.131. The number of carbonyl (C=O) groups excluding carboxylic acids is 1. The van der Waals surface area contributed by atoms with E-state index in [-0.39, 0.29) is 5.97 Å². The minimum atomic E-state index is -0.131. The van der Waals surface area contributed by atoms with E-state index in [0.29, 0.717) is 6.42 Å². The lowest BCUT2D eigenvalue weighted by molar-refractivity contribution is -0.140. The van der Waals surface area contributed by atoms with Crippen LogP contribution >= 0.6 is 0 Å². The summed E-state index contributed by atoms with van der Waals surface area (Å²) in [6, 6.07) is 8.88. The molecule has 2 nitrogen and oxygen atoms in total. The molecule has 1 aliphatic rings. The monoisotopic (exact) mass is 288 g/mol. The average molecular weight is 288 g/mol. The molecule has 2 rings (SSSR count). The van der Waals surface area contributed by atoms with Gasteiger partial charge >= 0.3 is 5.97 Å². The zero-order valence-electron chi connectivity index (χ0n) is 13.4. The number of aryl methyl sites for hydroxylation is 1. The van der Waals surface area contributed by atoms with Crippen LogP contribution in [-0.4, -0.2) is 13.1 Å². The van der Waals surface area contributed by atoms with E-state index >= 15 is 0 Å². The van der Waals surface area contributed by atoms with Gasteiger partial charge in [0, 0.05) is 6.42 Å². The van der Waals surface area contributed by atoms with Gasteiger partial charge in [0.15, 0.2) is 0 Å². The molecule has 1 aromatic rings. The van der Waals surface area contributed by atoms with E-state index in [0.717, 1.165) is 18.3 Å². The van der Waals surface area contributed by atoms with Crippen molar-refractivity contribution < 1.29 is 9.53 Å². The Bertz CT molecular complexity index is 427. The highest BCUT2D eigenvalue weighted by molar-refractivity contribution is 5.69. The highest BCUT2D eigenvalue weighted by Gasteiger charge is 2.21. The van der Waals surface area contributed by atoms with Crippen LogP contribution in [0.5, 0.6) is 0 Å². The summed E-state index contributed by atoms with van der Waals surface area (Å²) in [7, 11) is 1.44. The molecular weight excluding hydrogens is 260 g/mol. The molecule has 21 heavy (non-hydrogen) atoms. The van der Waals surface area contributed by atoms with Crippen molar-refractivity contribution in [1.82, 2.24) is 0 Å². The Balaban J connectivity index is 1.83. The summed E-state index contributed by atoms with van der Waals surface area (Å²) in [5.74, 6) is 1.58. The van der Waals surface area contributed by atoms with Crippen LogP contribution in [0.4, 0.5) is 0 Å². The first-order valence-electron chi connectivity index (χ1n) is 8.38. The van der Waals surface area contributed by atoms with Gasteiger partial charge in [0.25, 0.3) is 0 Å². The summed E-state index contributed by atoms with van der Waals surface area (Å²) in [5, 5.41) is 0. The third-order valence-electron chi connectivity index (χ3n) is 4.84. The molecule has 0 radical (unpaired) electrons. The lowest BCUT2D eigenvalue weighted by Gasteiger charge is -2.28. The zero-order chi connectivity index (χ0) is 15.1. The second-order valence-electron chi connectivity index (χ2n) is 6.32. The van der Waals surface area contributed by atoms with Crippen molar-refractivity contribution in [2.45, 2.75) is 64.2 Å². The molecule has 1 saturated carbocycles. The Kier molecular flexibility index (Phi) is 6.28. The number of esters is 1. The molecule has 0 aliphatic heterocycles. The largest absolute Gasteiger partial charge is 0.469 e. The molecule has 2 heteroatoms. The number of ether oxygens (including phenoxy) is 1. The van der Waals surface area contributed by atoms with Crippen LogP contribution in [-0.2, 0) is 16.0 Å². The third-order valence-corrected chi connectivity index (χ3v) is 4.84. The van der Waals surface area contributed by atoms with Gasteiger partial charge in [0.05, 0.1) is 7.11 Å². The molecule has 0 bridgehead atoms. The summed E-state index contributed by atoms with van der Waals surface area (Å²) in [5.41, 5.74) is 2.70. The van der Waals surface area contributed by atoms with E-state index < -0.39 is 0 Å². The van der Waals surface area contributed by atoms with E-state index in [9.17, 15) is 4.79 Å². The molecule has 0 aromatic heterocycles. The fourth-order valence-corrected chi connectivity index (χ4v) is 3.50. The van der Waals surface area contributed by atoms with Gasteiger partial charge in [-0.2, -0.15) is 0 Å². The lowest BCUT2D eigenvalue weighted by atomic mass is 9.77. The summed E-state index contributed by atoms with van der Waals surface area (Å²) in [4.78, 5) is 11.2. The SMILES string of the molecule is CCC[C@H]1CC[C@H](c2ccc(CCC(=O)OC)cc2)CC1. The minimum Gasteiger partial charge on any atom is -0.469 e. The molecular formula is C19H28O2. The van der Waals surface area contributed by atoms with Crippen molar-refractivity contribution in [3.8, 4) is 0 Å². The molecule has 0 unspecified atom stereocenters. The standard InChI is InChI=1S/C19H28O2/c1-3-4-15-5-10-17(11-6-15)18-12-7-16(8-13-18)9-14-19(20)21-2/h7-8,12-13,15,17H,3-6,9-11,14H2,1-2H3/t15-,17-. The van der Waals surface area contributed by atoms with Gasteiger partial charge < -0.3 is 4.74 Å². The molecule has 0 saturated heterocycles. The van der Waals surface area contributed by atoms with Crippen LogP contribution in [0.2, 0.25) is 0 Å². The predicted molar refractivity (Wildman–Crippen MR) is 86.4 cm³/mol. The number of benzene rings is 1. The van der Waals surface area contributed by atoms with Crippen LogP contribution < -0.4 is 0 Å². The smallest absolute Gasteiger partial charge is 0.305 e. The summed E-state index contributed by atoms with van der Waals surface area (Å²) < 4.78 is 4.68. The highest BCUT2D eigenvalue weighted by atomic mass is 16.5. The maximum atomic E-state index is 11.2. The van der Waals surface area contributed by atoms with Crippen molar-refractivity contribution >= 4 is 5.97 Å². The molecule has 1 fully saturated rings. The van der Waals surface area contributed by atoms with Gasteiger partial charge in [-0.1, -0.05) is 44.0 Å². The number of hydrogen-bond donors (Lipinski definition) is 0. The molecule has 1 aromatic carbocycles. The molecule has 0 N–H and O–H groups in total. The van der Waals surface area contributed by atoms with Crippen molar-refractivity contribution in [3.63, 3.8) is 0 Å². The number of hydrogen-bond acceptors (Lipinski definition) is 2. The topological polar surface area (TPSA) is 26.3 Å². The molecule has 0 amide bonds. The summed E-state index contributed by atoms with van der Waals surface area (Å²) in [6.45, 7) is 2.29. The maximum Gasteiger partial charge on any atom is 0.305 e. The predicted octanol–water partition coefficient (Wildman–Crippen LogP) is 4.87. The van der Waals surface area contributed by atoms with Crippen molar-refractivity contribution in [2.24, 2.45) is 5.92 Å². The van der Waals surface area contributed by atoms with Crippen LogP contribution in [0.15, 0.2) is 24.3 Å². The lowest BCUT2D eigenvalue weighted by Crippen LogP contribution is -2.13. The fraction of sp³-hybridized carbons (Fsp3) is 0.632. The van der Waals surface area contributed by atoms with Crippen molar-refractivity contribution in [2.75, 3.05) is 7.11 Å². The first-order chi connectivity index (χ1) is 10.2. The number of rotatable bonds is 6. The summed E-state index contributed by atoms with van der Waals surface area (Å²) >= 11 is 0. The van der Waals surface area contributed by atoms with E-state index in [1.54, 1.807) is 0 Å². The van der Waals surface area contributed by atoms with E-state index in [1.165, 1.54) is 56.8 Å². The molecule has 1 aliphatic carbocycles. The molecule has 116 valence electrons. The zero-order valence-corrected chi connectivity index (χ0v) is 13.4. The quantitative estimate of drug-likeness (QED) is 0.698. The second kappa shape index (κ2) is 8.21. The number of carbonyl (C=O) groups is 1. The van der Waals surface area contributed by atoms with Gasteiger partial charge in [-0.3, -0.25) is 4.79 Å². The van der Waals surface area contributed by atoms with E-state index in [1.807, 2.05) is 0 Å². The van der Waals surface area contributed by atoms with Gasteiger partial charge in [0.2, 0.25) is 0 Å². The van der Waals surface area contributed by atoms with E-state index in [4.69, 9.17) is 0 Å². The Hall–Kier alpha value is -1.31. The van der Waals surface area contributed by atoms with Gasteiger partial charge in [-0.25, -0.2) is 0 Å². The first kappa shape index (κ1) is 16.1. The highest BCUT2D eigenvalue weighted by Crippen LogP contribution is 2.37. The fourth-order valence-electron chi connectivity index (χ4n) is 3.50. The maximum absolute atomic E-state index is 11.2. The Morgan fingerprint density at radius 2 is 1.81 bits per heavy atom. The van der Waals surface area contributed by atoms with E-state index in [2.05, 4.69) is 35.9 Å². The normalized spacial score (nSPS) is 22.0. The van der Waals surface area contributed by atoms with Gasteiger partial charge in [-0.05, 0) is 55.1 Å². The van der Waals surface area contributed by atoms with Crippen LogP contribution in [0, 0.1) is 5.92 Å². The third kappa shape index (κ3) is 4.87. The van der Waals surface area contributed by atoms with Gasteiger partial charge in [-0.15, -0.1) is 0 Å². The van der Waals surface area contributed by atoms with Crippen molar-refractivity contribution in [3.05, 3.63) is 35.4 Å².